The van der Waals surface area contributed by atoms with E-state index in [4.69, 9.17) is 0 Å². The highest BCUT2D eigenvalue weighted by atomic mass is 14.9. The van der Waals surface area contributed by atoms with E-state index in [0.29, 0.717) is 0 Å². The topological polar surface area (TPSA) is 12.0 Å². The molecular formula is C30H30BN. The highest BCUT2D eigenvalue weighted by molar-refractivity contribution is 6.36. The van der Waals surface area contributed by atoms with Gasteiger partial charge in [0.25, 0.3) is 0 Å². The summed E-state index contributed by atoms with van der Waals surface area (Å²) < 4.78 is 0. The summed E-state index contributed by atoms with van der Waals surface area (Å²) in [7, 11) is 2.21. The molecule has 1 N–H and O–H groups in total. The Bertz CT molecular complexity index is 1280. The quantitative estimate of drug-likeness (QED) is 0.386. The molecule has 1 nitrogen and oxygen atoms in total. The Morgan fingerprint density at radius 3 is 1.66 bits per heavy atom. The van der Waals surface area contributed by atoms with Gasteiger partial charge in [0.05, 0.1) is 0 Å². The van der Waals surface area contributed by atoms with Gasteiger partial charge in [0, 0.05) is 22.2 Å². The molecule has 4 aromatic rings. The minimum absolute atomic E-state index is 0.0118. The molecule has 0 amide bonds. The average Bonchev–Trinajstić information content (AvgIpc) is 2.80. The van der Waals surface area contributed by atoms with E-state index < -0.39 is 0 Å². The fraction of sp³-hybridized carbons (Fsp3) is 0.200. The van der Waals surface area contributed by atoms with Crippen LogP contribution >= 0.6 is 0 Å². The molecule has 0 fully saturated rings. The van der Waals surface area contributed by atoms with Crippen LogP contribution in [0.3, 0.4) is 0 Å². The third-order valence-corrected chi connectivity index (χ3v) is 7.26. The van der Waals surface area contributed by atoms with Crippen LogP contribution in [0.25, 0.3) is 11.1 Å². The van der Waals surface area contributed by atoms with Crippen LogP contribution in [0, 0.1) is 0 Å². The number of anilines is 2. The van der Waals surface area contributed by atoms with E-state index in [-0.39, 0.29) is 10.8 Å². The molecule has 0 unspecified atom stereocenters. The molecule has 32 heavy (non-hydrogen) atoms. The number of hydrogen-bond donors (Lipinski definition) is 1. The number of nitrogens with one attached hydrogen (secondary N) is 1. The van der Waals surface area contributed by atoms with Gasteiger partial charge in [-0.1, -0.05) is 106 Å². The van der Waals surface area contributed by atoms with Gasteiger partial charge in [-0.3, -0.25) is 0 Å². The highest BCUT2D eigenvalue weighted by Crippen LogP contribution is 2.49. The molecule has 5 rings (SSSR count). The zero-order valence-electron chi connectivity index (χ0n) is 19.7. The lowest BCUT2D eigenvalue weighted by molar-refractivity contribution is 0.521. The van der Waals surface area contributed by atoms with E-state index in [0.717, 1.165) is 5.69 Å². The van der Waals surface area contributed by atoms with Crippen LogP contribution in [0.4, 0.5) is 11.4 Å². The van der Waals surface area contributed by atoms with E-state index in [1.165, 1.54) is 44.5 Å². The van der Waals surface area contributed by atoms with E-state index in [1.54, 1.807) is 0 Å². The van der Waals surface area contributed by atoms with Gasteiger partial charge in [-0.2, -0.15) is 0 Å². The first-order chi connectivity index (χ1) is 15.3. The largest absolute Gasteiger partial charge is 0.356 e. The number of benzene rings is 4. The summed E-state index contributed by atoms with van der Waals surface area (Å²) in [6.45, 7) is 9.42. The number of rotatable bonds is 3. The monoisotopic (exact) mass is 415 g/mol. The molecule has 0 aliphatic heterocycles. The summed E-state index contributed by atoms with van der Waals surface area (Å²) in [4.78, 5) is 0. The molecule has 0 bridgehead atoms. The van der Waals surface area contributed by atoms with Crippen molar-refractivity contribution in [3.8, 4) is 11.1 Å². The molecule has 158 valence electrons. The molecule has 1 aliphatic carbocycles. The third-order valence-electron chi connectivity index (χ3n) is 7.26. The van der Waals surface area contributed by atoms with Gasteiger partial charge in [0.1, 0.15) is 7.85 Å². The van der Waals surface area contributed by atoms with Gasteiger partial charge in [-0.05, 0) is 51.6 Å². The predicted octanol–water partition coefficient (Wildman–Crippen LogP) is 6.32. The Labute approximate surface area is 192 Å². The Kier molecular flexibility index (Phi) is 4.78. The van der Waals surface area contributed by atoms with Crippen molar-refractivity contribution in [1.29, 1.82) is 0 Å². The molecule has 0 saturated carbocycles. The zero-order chi connectivity index (χ0) is 22.5. The Balaban J connectivity index is 1.53. The smallest absolute Gasteiger partial charge is 0.142 e. The minimum Gasteiger partial charge on any atom is -0.356 e. The fourth-order valence-electron chi connectivity index (χ4n) is 5.27. The lowest BCUT2D eigenvalue weighted by atomic mass is 9.59. The molecule has 0 heterocycles. The van der Waals surface area contributed by atoms with Gasteiger partial charge in [-0.15, -0.1) is 0 Å². The second-order valence-electron chi connectivity index (χ2n) is 10.1. The molecule has 1 aliphatic rings. The molecule has 0 saturated heterocycles. The first-order valence-electron chi connectivity index (χ1n) is 11.5. The molecular weight excluding hydrogens is 385 g/mol. The standard InChI is InChI=1S/C30H30BN/c1-29(2)23-12-8-9-13-24(23)30(3,4)26-19-28(27(31)18-25(26)29)32-22-16-14-21(15-17-22)20-10-6-5-7-11-20/h5-19,32H,31H2,1-4H3. The van der Waals surface area contributed by atoms with E-state index >= 15 is 0 Å². The van der Waals surface area contributed by atoms with Crippen LogP contribution in [-0.2, 0) is 10.8 Å². The summed E-state index contributed by atoms with van der Waals surface area (Å²) in [5.41, 5.74) is 11.7. The molecule has 0 atom stereocenters. The van der Waals surface area contributed by atoms with Crippen molar-refractivity contribution in [3.05, 3.63) is 113 Å². The lowest BCUT2D eigenvalue weighted by Gasteiger charge is -2.44. The maximum Gasteiger partial charge on any atom is 0.142 e. The van der Waals surface area contributed by atoms with Crippen LogP contribution < -0.4 is 10.8 Å². The predicted molar refractivity (Wildman–Crippen MR) is 140 cm³/mol. The number of hydrogen-bond acceptors (Lipinski definition) is 1. The van der Waals surface area contributed by atoms with Gasteiger partial charge in [0.2, 0.25) is 0 Å². The van der Waals surface area contributed by atoms with Crippen LogP contribution in [0.5, 0.6) is 0 Å². The van der Waals surface area contributed by atoms with Gasteiger partial charge >= 0.3 is 0 Å². The fourth-order valence-corrected chi connectivity index (χ4v) is 5.27. The Morgan fingerprint density at radius 2 is 1.06 bits per heavy atom. The van der Waals surface area contributed by atoms with Gasteiger partial charge in [0.15, 0.2) is 0 Å². The lowest BCUT2D eigenvalue weighted by Crippen LogP contribution is -2.37. The van der Waals surface area contributed by atoms with Crippen molar-refractivity contribution in [2.75, 3.05) is 5.32 Å². The normalized spacial score (nSPS) is 15.5. The second-order valence-corrected chi connectivity index (χ2v) is 10.1. The van der Waals surface area contributed by atoms with Crippen molar-refractivity contribution in [1.82, 2.24) is 0 Å². The maximum atomic E-state index is 3.69. The van der Waals surface area contributed by atoms with Gasteiger partial charge in [-0.25, -0.2) is 0 Å². The molecule has 0 aromatic heterocycles. The average molecular weight is 415 g/mol. The van der Waals surface area contributed by atoms with Crippen molar-refractivity contribution in [2.24, 2.45) is 0 Å². The van der Waals surface area contributed by atoms with Crippen LogP contribution in [-0.4, -0.2) is 7.85 Å². The molecule has 2 heteroatoms. The van der Waals surface area contributed by atoms with Gasteiger partial charge < -0.3 is 5.32 Å². The minimum atomic E-state index is -0.0389. The summed E-state index contributed by atoms with van der Waals surface area (Å²) in [5.74, 6) is 0. The van der Waals surface area contributed by atoms with Crippen LogP contribution in [0.2, 0.25) is 0 Å². The van der Waals surface area contributed by atoms with Crippen LogP contribution in [0.15, 0.2) is 91.0 Å². The summed E-state index contributed by atoms with van der Waals surface area (Å²) in [6, 6.07) is 33.0. The summed E-state index contributed by atoms with van der Waals surface area (Å²) in [6.07, 6.45) is 0. The summed E-state index contributed by atoms with van der Waals surface area (Å²) >= 11 is 0. The molecule has 4 aromatic carbocycles. The van der Waals surface area contributed by atoms with E-state index in [2.05, 4.69) is 132 Å². The second kappa shape index (κ2) is 7.41. The Hall–Kier alpha value is -3.26. The summed E-state index contributed by atoms with van der Waals surface area (Å²) in [5, 5.41) is 3.69. The SMILES string of the molecule is Bc1cc2c(cc1Nc1ccc(-c3ccccc3)cc1)C(C)(C)c1ccccc1C2(C)C. The van der Waals surface area contributed by atoms with Crippen LogP contribution in [0.1, 0.15) is 49.9 Å². The third kappa shape index (κ3) is 3.26. The van der Waals surface area contributed by atoms with Crippen molar-refractivity contribution in [3.63, 3.8) is 0 Å². The van der Waals surface area contributed by atoms with Crippen molar-refractivity contribution < 1.29 is 0 Å². The van der Waals surface area contributed by atoms with Crippen molar-refractivity contribution in [2.45, 2.75) is 38.5 Å². The zero-order valence-corrected chi connectivity index (χ0v) is 19.7. The van der Waals surface area contributed by atoms with Crippen molar-refractivity contribution >= 4 is 24.7 Å². The van der Waals surface area contributed by atoms with E-state index in [1.807, 2.05) is 0 Å². The Morgan fingerprint density at radius 1 is 0.562 bits per heavy atom. The maximum absolute atomic E-state index is 3.69. The molecule has 0 radical (unpaired) electrons. The molecule has 0 spiro atoms. The number of fused-ring (bicyclic) bond motifs is 2. The van der Waals surface area contributed by atoms with E-state index in [9.17, 15) is 0 Å². The first-order valence-corrected chi connectivity index (χ1v) is 11.5. The highest BCUT2D eigenvalue weighted by Gasteiger charge is 2.41. The first kappa shape index (κ1) is 20.6.